The Morgan fingerprint density at radius 3 is 0.977 bits per heavy atom. The quantitative estimate of drug-likeness (QED) is 0.0475. The number of benzene rings is 7. The molecule has 0 atom stereocenters. The number of aromatic nitrogens is 2. The molecule has 462 valence electrons. The molecule has 0 radical (unpaired) electrons. The summed E-state index contributed by atoms with van der Waals surface area (Å²) in [5, 5.41) is 0. The van der Waals surface area contributed by atoms with E-state index in [9.17, 15) is 115 Å². The Labute approximate surface area is 478 Å². The first-order valence-corrected chi connectivity index (χ1v) is 24.6. The van der Waals surface area contributed by atoms with Crippen LogP contribution in [-0.4, -0.2) is 22.9 Å². The molecular weight excluding hydrogens is 1240 g/mol. The van der Waals surface area contributed by atoms with E-state index in [0.717, 1.165) is 22.3 Å². The molecule has 0 saturated heterocycles. The first kappa shape index (κ1) is 65.1. The molecule has 0 unspecified atom stereocenters. The number of ether oxygens (including phenoxy) is 1. The third kappa shape index (κ3) is 13.8. The van der Waals surface area contributed by atoms with Crippen molar-refractivity contribution >= 4 is 39.7 Å². The highest BCUT2D eigenvalue weighted by molar-refractivity contribution is 7.20. The van der Waals surface area contributed by atoms with Crippen LogP contribution in [0.4, 0.5) is 105 Å². The summed E-state index contributed by atoms with van der Waals surface area (Å²) in [4.78, 5) is 29.9. The van der Waals surface area contributed by atoms with Crippen LogP contribution in [0, 0.1) is 0 Å². The van der Waals surface area contributed by atoms with Gasteiger partial charge in [0.2, 0.25) is 12.3 Å². The van der Waals surface area contributed by atoms with Gasteiger partial charge in [0.15, 0.2) is 12.3 Å². The lowest BCUT2D eigenvalue weighted by molar-refractivity contribution is -0.686. The number of nitrogens with zero attached hydrogens (tertiary/aromatic N) is 2. The van der Waals surface area contributed by atoms with Gasteiger partial charge >= 0.3 is 61.1 Å². The van der Waals surface area contributed by atoms with Gasteiger partial charge in [-0.25, -0.2) is 4.79 Å². The molecule has 30 heteroatoms. The lowest BCUT2D eigenvalue weighted by Crippen LogP contribution is -2.75. The number of fused-ring (bicyclic) bond motifs is 3. The standard InChI is InChI=1S/C32H12BF24.C26H19N2O3/c34-25(35,36)13-1-14(26(37,38)39)6-21(5-13)33(22-7-15(27(40,41)42)2-16(8-22)28(43,44)45,23-9-17(29(46,47)48)3-18(10-23)30(49,50)51)24-11-19(31(52,53)54)4-20(12-24)32(55,56)57;29-24(18-8-2-1-3-9-18)17-28-15-14-27-16-23(28)26(30)31-25-21-12-6-4-10-19(21)20-11-5-7-13-22(20)25/h1-12H;1-16,25H,17H2/q-1;+1. The average Bonchev–Trinajstić information content (AvgIpc) is 0.990. The Bertz CT molecular complexity index is 3450. The van der Waals surface area contributed by atoms with Crippen molar-refractivity contribution in [1.29, 1.82) is 0 Å². The van der Waals surface area contributed by atoms with Crippen molar-refractivity contribution < 1.29 is 124 Å². The molecule has 1 heterocycles. The SMILES string of the molecule is FC(F)(F)c1cc([B-](c2cc(C(F)(F)F)cc(C(F)(F)F)c2)(c2cc(C(F)(F)F)cc(C(F)(F)F)c2)c2cc(C(F)(F)F)cc(C(F)(F)F)c2)cc(C(F)(F)F)c1.O=C(C[n+]1ccncc1C(=O)OC1c2ccccc2-c2ccccc21)c1ccccc1. The Hall–Kier alpha value is -8.86. The van der Waals surface area contributed by atoms with E-state index >= 15 is 0 Å². The number of hydrogen-bond acceptors (Lipinski definition) is 4. The maximum Gasteiger partial charge on any atom is 0.416 e. The van der Waals surface area contributed by atoms with Crippen molar-refractivity contribution in [3.63, 3.8) is 0 Å². The zero-order chi connectivity index (χ0) is 65.1. The van der Waals surface area contributed by atoms with Gasteiger partial charge < -0.3 is 4.74 Å². The molecule has 5 nitrogen and oxygen atoms in total. The van der Waals surface area contributed by atoms with Gasteiger partial charge in [-0.3, -0.25) is 9.78 Å². The zero-order valence-electron chi connectivity index (χ0n) is 43.2. The minimum Gasteiger partial charge on any atom is -0.444 e. The third-order valence-corrected chi connectivity index (χ3v) is 13.9. The summed E-state index contributed by atoms with van der Waals surface area (Å²) in [6.45, 7) is 0.0226. The fraction of sp³-hybridized carbons (Fsp3) is 0.172. The van der Waals surface area contributed by atoms with E-state index in [4.69, 9.17) is 4.74 Å². The maximum atomic E-state index is 14.2. The lowest BCUT2D eigenvalue weighted by Gasteiger charge is -2.46. The zero-order valence-corrected chi connectivity index (χ0v) is 43.2. The molecule has 9 rings (SSSR count). The van der Waals surface area contributed by atoms with Crippen LogP contribution in [0.1, 0.15) is 82.6 Å². The number of Topliss-reactive ketones (excluding diaryl/α,β-unsaturated/α-hetero) is 1. The molecule has 1 aromatic heterocycles. The molecule has 8 aromatic rings. The molecular formula is C58H31BF24N2O3. The monoisotopic (exact) mass is 1270 g/mol. The highest BCUT2D eigenvalue weighted by Gasteiger charge is 2.47. The number of rotatable bonds is 9. The number of esters is 1. The van der Waals surface area contributed by atoms with Gasteiger partial charge in [0.1, 0.15) is 12.3 Å². The first-order chi connectivity index (χ1) is 40.5. The van der Waals surface area contributed by atoms with E-state index in [1.165, 1.54) is 6.20 Å². The molecule has 0 fully saturated rings. The van der Waals surface area contributed by atoms with Crippen LogP contribution in [-0.2, 0) is 60.7 Å². The van der Waals surface area contributed by atoms with E-state index in [-0.39, 0.29) is 18.0 Å². The lowest BCUT2D eigenvalue weighted by atomic mass is 9.12. The highest BCUT2D eigenvalue weighted by atomic mass is 19.4. The van der Waals surface area contributed by atoms with Crippen LogP contribution in [0.2, 0.25) is 0 Å². The third-order valence-electron chi connectivity index (χ3n) is 13.9. The van der Waals surface area contributed by atoms with Crippen molar-refractivity contribution in [2.45, 2.75) is 62.1 Å². The second kappa shape index (κ2) is 23.0. The van der Waals surface area contributed by atoms with Crippen molar-refractivity contribution in [3.8, 4) is 11.1 Å². The van der Waals surface area contributed by atoms with Crippen LogP contribution in [0.25, 0.3) is 11.1 Å². The average molecular weight is 1270 g/mol. The second-order valence-electron chi connectivity index (χ2n) is 19.6. The number of alkyl halides is 24. The van der Waals surface area contributed by atoms with Crippen LogP contribution in [0.3, 0.4) is 0 Å². The van der Waals surface area contributed by atoms with E-state index in [1.54, 1.807) is 29.1 Å². The minimum atomic E-state index is -6.13. The largest absolute Gasteiger partial charge is 0.444 e. The highest BCUT2D eigenvalue weighted by Crippen LogP contribution is 2.46. The summed E-state index contributed by atoms with van der Waals surface area (Å²) in [7, 11) is 0. The molecule has 0 saturated carbocycles. The van der Waals surface area contributed by atoms with Crippen LogP contribution in [0.5, 0.6) is 0 Å². The van der Waals surface area contributed by atoms with Crippen molar-refractivity contribution in [3.05, 3.63) is 237 Å². The van der Waals surface area contributed by atoms with Crippen LogP contribution in [0.15, 0.2) is 170 Å². The van der Waals surface area contributed by atoms with Gasteiger partial charge in [0, 0.05) is 16.7 Å². The fourth-order valence-corrected chi connectivity index (χ4v) is 10.0. The number of halogens is 24. The fourth-order valence-electron chi connectivity index (χ4n) is 10.0. The summed E-state index contributed by atoms with van der Waals surface area (Å²) in [5.41, 5.74) is -25.4. The summed E-state index contributed by atoms with van der Waals surface area (Å²) >= 11 is 0. The van der Waals surface area contributed by atoms with Gasteiger partial charge in [-0.15, -0.1) is 0 Å². The number of ketones is 1. The van der Waals surface area contributed by atoms with E-state index in [2.05, 4.69) is 4.98 Å². The maximum absolute atomic E-state index is 14.2. The van der Waals surface area contributed by atoms with Crippen molar-refractivity contribution in [2.75, 3.05) is 0 Å². The van der Waals surface area contributed by atoms with E-state index < -0.39 is 207 Å². The first-order valence-electron chi connectivity index (χ1n) is 24.6. The topological polar surface area (TPSA) is 60.1 Å². The van der Waals surface area contributed by atoms with Crippen molar-refractivity contribution in [2.24, 2.45) is 0 Å². The summed E-state index contributed by atoms with van der Waals surface area (Å²) in [5.74, 6) is -0.618. The van der Waals surface area contributed by atoms with Crippen LogP contribution >= 0.6 is 0 Å². The van der Waals surface area contributed by atoms with E-state index in [1.807, 2.05) is 66.7 Å². The summed E-state index contributed by atoms with van der Waals surface area (Å²) in [6, 6.07) is 16.0. The summed E-state index contributed by atoms with van der Waals surface area (Å²) in [6.07, 6.45) is -50.7. The predicted molar refractivity (Wildman–Crippen MR) is 264 cm³/mol. The van der Waals surface area contributed by atoms with Gasteiger partial charge in [0.05, 0.1) is 50.7 Å². The molecule has 1 aliphatic rings. The molecule has 0 bridgehead atoms. The molecule has 0 N–H and O–H groups in total. The van der Waals surface area contributed by atoms with Gasteiger partial charge in [-0.1, -0.05) is 127 Å². The normalized spacial score (nSPS) is 13.5. The molecule has 1 aliphatic carbocycles. The molecule has 0 amide bonds. The minimum absolute atomic E-state index is 0.0226. The van der Waals surface area contributed by atoms with Crippen molar-refractivity contribution in [1.82, 2.24) is 4.98 Å². The Morgan fingerprint density at radius 1 is 0.398 bits per heavy atom. The smallest absolute Gasteiger partial charge is 0.416 e. The number of hydrogen-bond donors (Lipinski definition) is 0. The molecule has 88 heavy (non-hydrogen) atoms. The Kier molecular flexibility index (Phi) is 17.0. The number of carbonyl (C=O) groups is 2. The Morgan fingerprint density at radius 2 is 0.682 bits per heavy atom. The molecule has 7 aromatic carbocycles. The predicted octanol–water partition coefficient (Wildman–Crippen LogP) is 15.4. The van der Waals surface area contributed by atoms with E-state index in [0.29, 0.717) is 5.56 Å². The summed E-state index contributed by atoms with van der Waals surface area (Å²) < 4.78 is 348. The van der Waals surface area contributed by atoms with Gasteiger partial charge in [-0.2, -0.15) is 132 Å². The Balaban J connectivity index is 0.000000269. The van der Waals surface area contributed by atoms with Gasteiger partial charge in [-0.05, 0) is 35.4 Å². The second-order valence-corrected chi connectivity index (χ2v) is 19.6. The van der Waals surface area contributed by atoms with Gasteiger partial charge in [0.25, 0.3) is 0 Å². The number of carbonyl (C=O) groups excluding carboxylic acids is 2. The molecule has 0 spiro atoms. The van der Waals surface area contributed by atoms with Crippen LogP contribution < -0.4 is 26.4 Å². The molecule has 0 aliphatic heterocycles.